The van der Waals surface area contributed by atoms with Crippen LogP contribution in [0, 0.1) is 0 Å². The first-order valence-electron chi connectivity index (χ1n) is 6.72. The third kappa shape index (κ3) is 2.58. The summed E-state index contributed by atoms with van der Waals surface area (Å²) < 4.78 is 5.52. The molecule has 2 aromatic rings. The minimum absolute atomic E-state index is 0.104. The molecule has 3 heterocycles. The van der Waals surface area contributed by atoms with Crippen LogP contribution in [-0.4, -0.2) is 33.4 Å². The number of hydrogen-bond donors (Lipinski definition) is 1. The van der Waals surface area contributed by atoms with Crippen molar-refractivity contribution in [2.75, 3.05) is 11.6 Å². The van der Waals surface area contributed by atoms with Crippen LogP contribution in [0.1, 0.15) is 32.6 Å². The molecule has 1 N–H and O–H groups in total. The van der Waals surface area contributed by atoms with E-state index in [9.17, 15) is 0 Å². The van der Waals surface area contributed by atoms with Gasteiger partial charge in [0.2, 0.25) is 0 Å². The van der Waals surface area contributed by atoms with Crippen molar-refractivity contribution in [2.24, 2.45) is 0 Å². The molecule has 0 bridgehead atoms. The summed E-state index contributed by atoms with van der Waals surface area (Å²) in [5, 5.41) is 5.13. The summed E-state index contributed by atoms with van der Waals surface area (Å²) in [7, 11) is 0. The van der Waals surface area contributed by atoms with Gasteiger partial charge in [0.1, 0.15) is 11.6 Å². The summed E-state index contributed by atoms with van der Waals surface area (Å²) in [6.07, 6.45) is 4.18. The Morgan fingerprint density at radius 2 is 2.10 bits per heavy atom. The molecule has 3 rings (SSSR count). The average molecular weight is 290 g/mol. The molecule has 6 heteroatoms. The number of pyridine rings is 1. The first kappa shape index (κ1) is 13.6. The molecule has 5 nitrogen and oxygen atoms in total. The molecule has 0 aromatic carbocycles. The monoisotopic (exact) mass is 290 g/mol. The van der Waals surface area contributed by atoms with Crippen LogP contribution in [0.3, 0.4) is 0 Å². The van der Waals surface area contributed by atoms with E-state index in [1.807, 2.05) is 18.5 Å². The van der Waals surface area contributed by atoms with Crippen LogP contribution in [0.25, 0.3) is 10.9 Å². The van der Waals surface area contributed by atoms with E-state index in [-0.39, 0.29) is 12.2 Å². The Hall–Kier alpha value is -1.40. The maximum atomic E-state index is 5.52. The fourth-order valence-corrected chi connectivity index (χ4v) is 2.50. The third-order valence-electron chi connectivity index (χ3n) is 3.17. The molecule has 2 unspecified atom stereocenters. The van der Waals surface area contributed by atoms with Crippen molar-refractivity contribution >= 4 is 28.5 Å². The molecule has 0 amide bonds. The lowest BCUT2D eigenvalue weighted by Gasteiger charge is -2.13. The van der Waals surface area contributed by atoms with E-state index in [0.29, 0.717) is 6.04 Å². The first-order valence-corrected chi connectivity index (χ1v) is 7.94. The fraction of sp³-hybridized carbons (Fsp3) is 0.500. The van der Waals surface area contributed by atoms with Crippen LogP contribution in [-0.2, 0) is 4.74 Å². The Morgan fingerprint density at radius 1 is 1.35 bits per heavy atom. The van der Waals surface area contributed by atoms with Crippen molar-refractivity contribution in [2.45, 2.75) is 44.2 Å². The van der Waals surface area contributed by atoms with Gasteiger partial charge in [-0.25, -0.2) is 15.0 Å². The molecule has 2 atom stereocenters. The molecule has 0 radical (unpaired) electrons. The molecule has 1 saturated heterocycles. The van der Waals surface area contributed by atoms with E-state index < -0.39 is 0 Å². The molecule has 20 heavy (non-hydrogen) atoms. The number of rotatable bonds is 4. The normalized spacial score (nSPS) is 21.4. The predicted octanol–water partition coefficient (Wildman–Crippen LogP) is 3.03. The SMILES string of the molecule is CSc1ncc2cc(C3OC3C)nc(NC(C)C)c2n1. The van der Waals surface area contributed by atoms with E-state index in [0.717, 1.165) is 27.6 Å². The van der Waals surface area contributed by atoms with Crippen molar-refractivity contribution in [1.82, 2.24) is 15.0 Å². The predicted molar refractivity (Wildman–Crippen MR) is 81.2 cm³/mol. The molecular formula is C14H18N4OS. The first-order chi connectivity index (χ1) is 9.58. The standard InChI is InChI=1S/C14H18N4OS/c1-7(2)16-13-11-9(6-15-14(18-11)20-4)5-10(17-13)12-8(3)19-12/h5-8,12H,1-4H3,(H,16,17). The maximum absolute atomic E-state index is 5.52. The van der Waals surface area contributed by atoms with Gasteiger partial charge in [0, 0.05) is 17.6 Å². The Morgan fingerprint density at radius 3 is 2.70 bits per heavy atom. The highest BCUT2D eigenvalue weighted by Gasteiger charge is 2.37. The van der Waals surface area contributed by atoms with E-state index in [1.54, 1.807) is 0 Å². The Kier molecular flexibility index (Phi) is 3.52. The molecule has 0 aliphatic carbocycles. The van der Waals surface area contributed by atoms with Gasteiger partial charge in [-0.3, -0.25) is 0 Å². The minimum Gasteiger partial charge on any atom is -0.366 e. The van der Waals surface area contributed by atoms with Gasteiger partial charge in [-0.15, -0.1) is 0 Å². The smallest absolute Gasteiger partial charge is 0.187 e. The van der Waals surface area contributed by atoms with Gasteiger partial charge in [-0.2, -0.15) is 0 Å². The molecule has 0 saturated carbocycles. The average Bonchev–Trinajstić information content (AvgIpc) is 3.14. The van der Waals surface area contributed by atoms with Crippen molar-refractivity contribution < 1.29 is 4.74 Å². The van der Waals surface area contributed by atoms with Crippen molar-refractivity contribution in [3.05, 3.63) is 18.0 Å². The lowest BCUT2D eigenvalue weighted by atomic mass is 10.2. The zero-order valence-electron chi connectivity index (χ0n) is 12.0. The Labute approximate surface area is 122 Å². The molecule has 1 fully saturated rings. The number of fused-ring (bicyclic) bond motifs is 1. The van der Waals surface area contributed by atoms with Crippen LogP contribution >= 0.6 is 11.8 Å². The lowest BCUT2D eigenvalue weighted by molar-refractivity contribution is 0.380. The van der Waals surface area contributed by atoms with Gasteiger partial charge >= 0.3 is 0 Å². The van der Waals surface area contributed by atoms with Gasteiger partial charge in [-0.05, 0) is 33.1 Å². The molecule has 0 spiro atoms. The van der Waals surface area contributed by atoms with E-state index >= 15 is 0 Å². The van der Waals surface area contributed by atoms with Crippen molar-refractivity contribution in [1.29, 1.82) is 0 Å². The van der Waals surface area contributed by atoms with Crippen molar-refractivity contribution in [3.8, 4) is 0 Å². The van der Waals surface area contributed by atoms with Gasteiger partial charge in [0.15, 0.2) is 11.0 Å². The summed E-state index contributed by atoms with van der Waals surface area (Å²) in [6, 6.07) is 2.32. The number of nitrogens with one attached hydrogen (secondary N) is 1. The van der Waals surface area contributed by atoms with Gasteiger partial charge in [0.25, 0.3) is 0 Å². The van der Waals surface area contributed by atoms with Crippen LogP contribution in [0.4, 0.5) is 5.82 Å². The second kappa shape index (κ2) is 5.18. The minimum atomic E-state index is 0.104. The molecule has 1 aliphatic heterocycles. The number of aromatic nitrogens is 3. The highest BCUT2D eigenvalue weighted by atomic mass is 32.2. The van der Waals surface area contributed by atoms with Gasteiger partial charge < -0.3 is 10.1 Å². The Bertz CT molecular complexity index is 646. The van der Waals surface area contributed by atoms with Crippen LogP contribution in [0.15, 0.2) is 17.4 Å². The molecular weight excluding hydrogens is 272 g/mol. The van der Waals surface area contributed by atoms with Gasteiger partial charge in [-0.1, -0.05) is 11.8 Å². The highest BCUT2D eigenvalue weighted by molar-refractivity contribution is 7.98. The largest absolute Gasteiger partial charge is 0.366 e. The quantitative estimate of drug-likeness (QED) is 0.530. The second-order valence-corrected chi connectivity index (χ2v) is 6.02. The zero-order chi connectivity index (χ0) is 14.3. The summed E-state index contributed by atoms with van der Waals surface area (Å²) in [5.74, 6) is 0.813. The van der Waals surface area contributed by atoms with Crippen LogP contribution < -0.4 is 5.32 Å². The number of ether oxygens (including phenoxy) is 1. The highest BCUT2D eigenvalue weighted by Crippen LogP contribution is 2.39. The number of nitrogens with zero attached hydrogens (tertiary/aromatic N) is 3. The summed E-state index contributed by atoms with van der Waals surface area (Å²) in [6.45, 7) is 6.24. The molecule has 1 aliphatic rings. The second-order valence-electron chi connectivity index (χ2n) is 5.25. The van der Waals surface area contributed by atoms with Crippen molar-refractivity contribution in [3.63, 3.8) is 0 Å². The fourth-order valence-electron chi connectivity index (χ4n) is 2.16. The lowest BCUT2D eigenvalue weighted by Crippen LogP contribution is -2.13. The van der Waals surface area contributed by atoms with E-state index in [2.05, 4.69) is 36.1 Å². The number of hydrogen-bond acceptors (Lipinski definition) is 6. The number of thioether (sulfide) groups is 1. The Balaban J connectivity index is 2.12. The summed E-state index contributed by atoms with van der Waals surface area (Å²) >= 11 is 1.53. The third-order valence-corrected chi connectivity index (χ3v) is 3.74. The zero-order valence-corrected chi connectivity index (χ0v) is 12.9. The maximum Gasteiger partial charge on any atom is 0.187 e. The number of epoxide rings is 1. The van der Waals surface area contributed by atoms with Crippen LogP contribution in [0.2, 0.25) is 0 Å². The molecule has 2 aromatic heterocycles. The topological polar surface area (TPSA) is 63.2 Å². The van der Waals surface area contributed by atoms with E-state index in [4.69, 9.17) is 9.72 Å². The van der Waals surface area contributed by atoms with Crippen LogP contribution in [0.5, 0.6) is 0 Å². The summed E-state index contributed by atoms with van der Waals surface area (Å²) in [5.41, 5.74) is 1.82. The number of anilines is 1. The van der Waals surface area contributed by atoms with E-state index in [1.165, 1.54) is 11.8 Å². The van der Waals surface area contributed by atoms with Gasteiger partial charge in [0.05, 0.1) is 11.8 Å². The molecule has 106 valence electrons. The summed E-state index contributed by atoms with van der Waals surface area (Å²) in [4.78, 5) is 13.6.